The fraction of sp³-hybridized carbons (Fsp3) is 0.560. The number of thioether (sulfide) groups is 1. The number of benzene rings is 2. The van der Waals surface area contributed by atoms with Crippen LogP contribution in [0.25, 0.3) is 10.8 Å². The second kappa shape index (κ2) is 13.0. The summed E-state index contributed by atoms with van der Waals surface area (Å²) in [5, 5.41) is 9.52. The Morgan fingerprint density at radius 2 is 1.73 bits per heavy atom. The molecule has 0 unspecified atom stereocenters. The lowest BCUT2D eigenvalue weighted by atomic mass is 9.95. The van der Waals surface area contributed by atoms with E-state index in [1.807, 2.05) is 11.8 Å². The molecule has 0 aliphatic carbocycles. The zero-order chi connectivity index (χ0) is 21.0. The third-order valence-electron chi connectivity index (χ3n) is 6.06. The Kier molecular flexibility index (Phi) is 10.0. The number of fused-ring (bicyclic) bond motifs is 1. The van der Waals surface area contributed by atoms with Gasteiger partial charge in [0.25, 0.3) is 0 Å². The van der Waals surface area contributed by atoms with E-state index in [-0.39, 0.29) is 5.91 Å². The molecule has 2 aromatic carbocycles. The van der Waals surface area contributed by atoms with Crippen LogP contribution >= 0.6 is 11.8 Å². The topological polar surface area (TPSA) is 44.4 Å². The highest BCUT2D eigenvalue weighted by Gasteiger charge is 2.22. The third kappa shape index (κ3) is 7.29. The molecule has 1 saturated heterocycles. The van der Waals surface area contributed by atoms with Crippen molar-refractivity contribution in [2.75, 3.05) is 51.3 Å². The van der Waals surface area contributed by atoms with E-state index in [2.05, 4.69) is 64.3 Å². The minimum atomic E-state index is 0.270. The van der Waals surface area contributed by atoms with Crippen molar-refractivity contribution >= 4 is 28.4 Å². The van der Waals surface area contributed by atoms with E-state index in [1.165, 1.54) is 29.4 Å². The summed E-state index contributed by atoms with van der Waals surface area (Å²) < 4.78 is 0. The lowest BCUT2D eigenvalue weighted by Crippen LogP contribution is -2.41. The first-order valence-corrected chi connectivity index (χ1v) is 12.8. The van der Waals surface area contributed by atoms with Gasteiger partial charge in [0.15, 0.2) is 0 Å². The largest absolute Gasteiger partial charge is 0.342 e. The lowest BCUT2D eigenvalue weighted by molar-refractivity contribution is -0.131. The summed E-state index contributed by atoms with van der Waals surface area (Å²) in [5.74, 6) is 2.17. The Balaban J connectivity index is 1.31. The molecule has 1 heterocycles. The maximum atomic E-state index is 12.8. The lowest BCUT2D eigenvalue weighted by Gasteiger charge is -2.32. The summed E-state index contributed by atoms with van der Waals surface area (Å²) in [4.78, 5) is 14.9. The fourth-order valence-corrected chi connectivity index (χ4v) is 4.56. The number of piperidine rings is 1. The van der Waals surface area contributed by atoms with Crippen molar-refractivity contribution in [3.63, 3.8) is 0 Å². The summed E-state index contributed by atoms with van der Waals surface area (Å²) in [5.41, 5.74) is 1.14. The van der Waals surface area contributed by atoms with Crippen LogP contribution in [0.5, 0.6) is 0 Å². The third-order valence-corrected chi connectivity index (χ3v) is 6.67. The van der Waals surface area contributed by atoms with Gasteiger partial charge in [-0.25, -0.2) is 0 Å². The molecule has 164 valence electrons. The molecule has 0 radical (unpaired) electrons. The minimum Gasteiger partial charge on any atom is -0.342 e. The first-order valence-electron chi connectivity index (χ1n) is 11.4. The summed E-state index contributed by atoms with van der Waals surface area (Å²) in [6, 6.07) is 14.6. The van der Waals surface area contributed by atoms with Gasteiger partial charge >= 0.3 is 0 Å². The van der Waals surface area contributed by atoms with Crippen molar-refractivity contribution in [2.24, 2.45) is 5.92 Å². The molecule has 0 saturated carbocycles. The second-order valence-electron chi connectivity index (χ2n) is 8.29. The van der Waals surface area contributed by atoms with Gasteiger partial charge in [-0.1, -0.05) is 42.5 Å². The van der Waals surface area contributed by atoms with Gasteiger partial charge in [0.05, 0.1) is 6.42 Å². The molecule has 0 aromatic heterocycles. The number of amides is 1. The van der Waals surface area contributed by atoms with Crippen LogP contribution in [0.3, 0.4) is 0 Å². The number of rotatable bonds is 12. The molecule has 0 bridgehead atoms. The molecular weight excluding hydrogens is 390 g/mol. The van der Waals surface area contributed by atoms with Crippen LogP contribution in [0.15, 0.2) is 42.5 Å². The van der Waals surface area contributed by atoms with Crippen molar-refractivity contribution in [1.29, 1.82) is 0 Å². The van der Waals surface area contributed by atoms with E-state index in [1.54, 1.807) is 0 Å². The summed E-state index contributed by atoms with van der Waals surface area (Å²) in [6.45, 7) is 6.23. The molecule has 4 nitrogen and oxygen atoms in total. The Bertz CT molecular complexity index is 769. The van der Waals surface area contributed by atoms with Gasteiger partial charge in [-0.15, -0.1) is 0 Å². The SMILES string of the molecule is CSCCNCCCCNCC1CCN(C(=O)Cc2cccc3ccccc23)CC1. The van der Waals surface area contributed by atoms with Crippen molar-refractivity contribution in [3.05, 3.63) is 48.0 Å². The average Bonchev–Trinajstić information content (AvgIpc) is 2.78. The molecule has 2 N–H and O–H groups in total. The Hall–Kier alpha value is -1.56. The highest BCUT2D eigenvalue weighted by atomic mass is 32.2. The zero-order valence-electron chi connectivity index (χ0n) is 18.4. The Labute approximate surface area is 186 Å². The van der Waals surface area contributed by atoms with E-state index in [9.17, 15) is 4.79 Å². The van der Waals surface area contributed by atoms with Crippen LogP contribution in [-0.2, 0) is 11.2 Å². The van der Waals surface area contributed by atoms with E-state index < -0.39 is 0 Å². The van der Waals surface area contributed by atoms with Crippen molar-refractivity contribution in [3.8, 4) is 0 Å². The molecule has 3 rings (SSSR count). The number of carbonyl (C=O) groups is 1. The molecule has 1 aliphatic rings. The fourth-order valence-electron chi connectivity index (χ4n) is 4.21. The number of likely N-dealkylation sites (tertiary alicyclic amines) is 1. The van der Waals surface area contributed by atoms with Gasteiger partial charge in [-0.3, -0.25) is 4.79 Å². The number of carbonyl (C=O) groups excluding carboxylic acids is 1. The number of hydrogen-bond acceptors (Lipinski definition) is 4. The van der Waals surface area contributed by atoms with Gasteiger partial charge in [-0.2, -0.15) is 11.8 Å². The van der Waals surface area contributed by atoms with Crippen molar-refractivity contribution in [2.45, 2.75) is 32.1 Å². The Morgan fingerprint density at radius 1 is 1.00 bits per heavy atom. The first-order chi connectivity index (χ1) is 14.8. The van der Waals surface area contributed by atoms with Crippen molar-refractivity contribution in [1.82, 2.24) is 15.5 Å². The van der Waals surface area contributed by atoms with Gasteiger partial charge in [0.2, 0.25) is 5.91 Å². The molecule has 2 aromatic rings. The predicted molar refractivity (Wildman–Crippen MR) is 130 cm³/mol. The van der Waals surface area contributed by atoms with Crippen LogP contribution in [0.4, 0.5) is 0 Å². The number of nitrogens with zero attached hydrogens (tertiary/aromatic N) is 1. The first kappa shape index (κ1) is 23.1. The van der Waals surface area contributed by atoms with Crippen LogP contribution in [-0.4, -0.2) is 62.1 Å². The summed E-state index contributed by atoms with van der Waals surface area (Å²) in [6.07, 6.45) is 7.36. The normalized spacial score (nSPS) is 15.0. The predicted octanol–water partition coefficient (Wildman–Crippen LogP) is 3.94. The smallest absolute Gasteiger partial charge is 0.227 e. The van der Waals surface area contributed by atoms with E-state index in [0.29, 0.717) is 12.3 Å². The van der Waals surface area contributed by atoms with Gasteiger partial charge in [0, 0.05) is 25.4 Å². The summed E-state index contributed by atoms with van der Waals surface area (Å²) in [7, 11) is 0. The highest BCUT2D eigenvalue weighted by Crippen LogP contribution is 2.21. The Morgan fingerprint density at radius 3 is 2.53 bits per heavy atom. The molecule has 5 heteroatoms. The number of hydrogen-bond donors (Lipinski definition) is 2. The molecule has 30 heavy (non-hydrogen) atoms. The van der Waals surface area contributed by atoms with Gasteiger partial charge in [0.1, 0.15) is 0 Å². The van der Waals surface area contributed by atoms with Crippen LogP contribution in [0, 0.1) is 5.92 Å². The van der Waals surface area contributed by atoms with Crippen LogP contribution in [0.2, 0.25) is 0 Å². The van der Waals surface area contributed by atoms with E-state index in [4.69, 9.17) is 0 Å². The van der Waals surface area contributed by atoms with Crippen LogP contribution < -0.4 is 10.6 Å². The molecule has 0 spiro atoms. The second-order valence-corrected chi connectivity index (χ2v) is 9.28. The molecule has 0 atom stereocenters. The van der Waals surface area contributed by atoms with Gasteiger partial charge < -0.3 is 15.5 Å². The standard InChI is InChI=1S/C25H37N3OS/c1-30-18-15-26-13-4-5-14-27-20-21-11-16-28(17-12-21)25(29)19-23-9-6-8-22-7-2-3-10-24(22)23/h2-3,6-10,21,26-27H,4-5,11-20H2,1H3. The zero-order valence-corrected chi connectivity index (χ0v) is 19.2. The molecule has 1 aliphatic heterocycles. The molecule has 1 amide bonds. The maximum absolute atomic E-state index is 12.8. The highest BCUT2D eigenvalue weighted by molar-refractivity contribution is 7.98. The number of nitrogens with one attached hydrogen (secondary N) is 2. The maximum Gasteiger partial charge on any atom is 0.227 e. The summed E-state index contributed by atoms with van der Waals surface area (Å²) >= 11 is 1.89. The van der Waals surface area contributed by atoms with Crippen molar-refractivity contribution < 1.29 is 4.79 Å². The minimum absolute atomic E-state index is 0.270. The van der Waals surface area contributed by atoms with Crippen LogP contribution in [0.1, 0.15) is 31.2 Å². The van der Waals surface area contributed by atoms with Gasteiger partial charge in [-0.05, 0) is 73.8 Å². The monoisotopic (exact) mass is 427 g/mol. The van der Waals surface area contributed by atoms with E-state index in [0.717, 1.165) is 57.7 Å². The number of unbranched alkanes of at least 4 members (excludes halogenated alkanes) is 1. The van der Waals surface area contributed by atoms with E-state index >= 15 is 0 Å². The molecular formula is C25H37N3OS. The average molecular weight is 428 g/mol. The quantitative estimate of drug-likeness (QED) is 0.504. The molecule has 1 fully saturated rings.